The number of hydrogen-bond donors (Lipinski definition) is 1. The first kappa shape index (κ1) is 12.6. The monoisotopic (exact) mass is 247 g/mol. The lowest BCUT2D eigenvalue weighted by atomic mass is 10.1. The number of rotatable bonds is 5. The normalized spacial score (nSPS) is 18.3. The van der Waals surface area contributed by atoms with Gasteiger partial charge in [0, 0.05) is 6.42 Å². The van der Waals surface area contributed by atoms with Gasteiger partial charge in [0.1, 0.15) is 6.61 Å². The lowest BCUT2D eigenvalue weighted by Crippen LogP contribution is -2.09. The van der Waals surface area contributed by atoms with Gasteiger partial charge in [-0.05, 0) is 18.9 Å². The molecule has 0 saturated carbocycles. The molecule has 1 heterocycles. The predicted molar refractivity (Wildman–Crippen MR) is 68.9 cm³/mol. The Morgan fingerprint density at radius 2 is 2.17 bits per heavy atom. The molecule has 96 valence electrons. The lowest BCUT2D eigenvalue weighted by Gasteiger charge is -2.05. The van der Waals surface area contributed by atoms with E-state index in [1.807, 2.05) is 0 Å². The van der Waals surface area contributed by atoms with Crippen LogP contribution in [0.5, 0.6) is 0 Å². The molecule has 1 aliphatic rings. The molecule has 0 amide bonds. The zero-order valence-corrected chi connectivity index (χ0v) is 10.4. The zero-order chi connectivity index (χ0) is 13.0. The summed E-state index contributed by atoms with van der Waals surface area (Å²) in [6.07, 6.45) is 1.31. The van der Waals surface area contributed by atoms with Crippen molar-refractivity contribution in [3.05, 3.63) is 35.4 Å². The second-order valence-corrected chi connectivity index (χ2v) is 4.57. The molecule has 1 unspecified atom stereocenters. The van der Waals surface area contributed by atoms with Crippen LogP contribution in [-0.4, -0.2) is 29.6 Å². The van der Waals surface area contributed by atoms with Crippen molar-refractivity contribution in [2.75, 3.05) is 6.61 Å². The Hall–Kier alpha value is -1.84. The Morgan fingerprint density at radius 1 is 1.44 bits per heavy atom. The molecule has 1 aromatic carbocycles. The van der Waals surface area contributed by atoms with Gasteiger partial charge in [-0.3, -0.25) is 4.79 Å². The van der Waals surface area contributed by atoms with Crippen LogP contribution < -0.4 is 0 Å². The molecule has 18 heavy (non-hydrogen) atoms. The summed E-state index contributed by atoms with van der Waals surface area (Å²) < 4.78 is 5.40. The Bertz CT molecular complexity index is 451. The first-order chi connectivity index (χ1) is 8.63. The number of aryl methyl sites for hydroxylation is 1. The summed E-state index contributed by atoms with van der Waals surface area (Å²) in [5.74, 6) is -0.238. The van der Waals surface area contributed by atoms with E-state index in [4.69, 9.17) is 9.84 Å². The summed E-state index contributed by atoms with van der Waals surface area (Å²) in [5.41, 5.74) is 2.48. The van der Waals surface area contributed by atoms with Gasteiger partial charge in [0.15, 0.2) is 5.90 Å². The molecule has 4 heteroatoms. The van der Waals surface area contributed by atoms with Crippen molar-refractivity contribution in [2.24, 2.45) is 4.99 Å². The predicted octanol–water partition coefficient (Wildman–Crippen LogP) is 2.20. The maximum Gasteiger partial charge on any atom is 0.303 e. The van der Waals surface area contributed by atoms with Crippen LogP contribution in [0, 0.1) is 6.92 Å². The summed E-state index contributed by atoms with van der Waals surface area (Å²) >= 11 is 0. The van der Waals surface area contributed by atoms with Crippen LogP contribution >= 0.6 is 0 Å². The van der Waals surface area contributed by atoms with Gasteiger partial charge in [-0.1, -0.05) is 29.8 Å². The number of aliphatic carboxylic acids is 1. The average molecular weight is 247 g/mol. The Kier molecular flexibility index (Phi) is 3.97. The Balaban J connectivity index is 1.88. The Morgan fingerprint density at radius 3 is 2.83 bits per heavy atom. The topological polar surface area (TPSA) is 58.9 Å². The van der Waals surface area contributed by atoms with Gasteiger partial charge in [0.05, 0.1) is 12.5 Å². The molecule has 0 spiro atoms. The third-order valence-electron chi connectivity index (χ3n) is 2.91. The molecule has 0 aromatic heterocycles. The maximum absolute atomic E-state index is 10.4. The molecule has 0 fully saturated rings. The molecule has 1 N–H and O–H groups in total. The summed E-state index contributed by atoms with van der Waals surface area (Å²) in [4.78, 5) is 14.9. The van der Waals surface area contributed by atoms with E-state index in [0.717, 1.165) is 6.42 Å². The highest BCUT2D eigenvalue weighted by molar-refractivity contribution is 5.81. The largest absolute Gasteiger partial charge is 0.481 e. The Labute approximate surface area is 106 Å². The molecular weight excluding hydrogens is 230 g/mol. The number of nitrogens with zero attached hydrogens (tertiary/aromatic N) is 1. The molecule has 0 bridgehead atoms. The quantitative estimate of drug-likeness (QED) is 0.867. The van der Waals surface area contributed by atoms with Gasteiger partial charge in [-0.25, -0.2) is 4.99 Å². The second kappa shape index (κ2) is 5.67. The number of aliphatic imine (C=N–C) groups is 1. The van der Waals surface area contributed by atoms with Gasteiger partial charge in [-0.15, -0.1) is 0 Å². The van der Waals surface area contributed by atoms with Gasteiger partial charge in [-0.2, -0.15) is 0 Å². The zero-order valence-electron chi connectivity index (χ0n) is 10.4. The number of carboxylic acid groups (broad SMARTS) is 1. The van der Waals surface area contributed by atoms with E-state index in [2.05, 4.69) is 36.2 Å². The van der Waals surface area contributed by atoms with Crippen molar-refractivity contribution in [2.45, 2.75) is 32.2 Å². The van der Waals surface area contributed by atoms with Gasteiger partial charge in [0.25, 0.3) is 0 Å². The van der Waals surface area contributed by atoms with E-state index in [0.29, 0.717) is 18.9 Å². The van der Waals surface area contributed by atoms with E-state index < -0.39 is 5.97 Å². The highest BCUT2D eigenvalue weighted by atomic mass is 16.5. The number of ether oxygens (including phenoxy) is 1. The smallest absolute Gasteiger partial charge is 0.303 e. The summed E-state index contributed by atoms with van der Waals surface area (Å²) in [7, 11) is 0. The molecule has 1 atom stereocenters. The van der Waals surface area contributed by atoms with Crippen molar-refractivity contribution < 1.29 is 14.6 Å². The fourth-order valence-electron chi connectivity index (χ4n) is 1.92. The highest BCUT2D eigenvalue weighted by Crippen LogP contribution is 2.14. The fraction of sp³-hybridized carbons (Fsp3) is 0.429. The van der Waals surface area contributed by atoms with Crippen molar-refractivity contribution in [3.8, 4) is 0 Å². The molecule has 1 aromatic rings. The number of carbonyl (C=O) groups is 1. The number of carboxylic acids is 1. The minimum Gasteiger partial charge on any atom is -0.481 e. The van der Waals surface area contributed by atoms with E-state index in [1.54, 1.807) is 0 Å². The summed E-state index contributed by atoms with van der Waals surface area (Å²) in [6.45, 7) is 2.62. The number of hydrogen-bond acceptors (Lipinski definition) is 3. The molecule has 0 aliphatic carbocycles. The summed E-state index contributed by atoms with van der Waals surface area (Å²) in [5, 5.41) is 8.59. The fourth-order valence-corrected chi connectivity index (χ4v) is 1.92. The van der Waals surface area contributed by atoms with Crippen molar-refractivity contribution in [3.63, 3.8) is 0 Å². The molecule has 2 rings (SSSR count). The summed E-state index contributed by atoms with van der Waals surface area (Å²) in [6, 6.07) is 8.48. The molecular formula is C14H17NO3. The second-order valence-electron chi connectivity index (χ2n) is 4.57. The minimum absolute atomic E-state index is 0.0794. The highest BCUT2D eigenvalue weighted by Gasteiger charge is 2.19. The first-order valence-corrected chi connectivity index (χ1v) is 6.10. The van der Waals surface area contributed by atoms with Crippen LogP contribution in [0.1, 0.15) is 24.0 Å². The van der Waals surface area contributed by atoms with Crippen LogP contribution in [0.4, 0.5) is 0 Å². The third kappa shape index (κ3) is 3.58. The van der Waals surface area contributed by atoms with Crippen LogP contribution in [0.15, 0.2) is 29.3 Å². The molecule has 0 saturated heterocycles. The van der Waals surface area contributed by atoms with Crippen LogP contribution in [-0.2, 0) is 16.0 Å². The molecule has 0 radical (unpaired) electrons. The standard InChI is InChI=1S/C14H17NO3/c1-10-2-4-11(5-3-10)8-12-9-18-13(15-12)6-7-14(16)17/h2-5,12H,6-9H2,1H3,(H,16,17). The van der Waals surface area contributed by atoms with E-state index in [1.165, 1.54) is 11.1 Å². The lowest BCUT2D eigenvalue weighted by molar-refractivity contribution is -0.136. The van der Waals surface area contributed by atoms with Crippen LogP contribution in [0.3, 0.4) is 0 Å². The minimum atomic E-state index is -0.816. The molecule has 1 aliphatic heterocycles. The van der Waals surface area contributed by atoms with Crippen molar-refractivity contribution in [1.29, 1.82) is 0 Å². The van der Waals surface area contributed by atoms with E-state index >= 15 is 0 Å². The van der Waals surface area contributed by atoms with Gasteiger partial charge < -0.3 is 9.84 Å². The van der Waals surface area contributed by atoms with Gasteiger partial charge in [0.2, 0.25) is 0 Å². The van der Waals surface area contributed by atoms with Crippen molar-refractivity contribution >= 4 is 11.9 Å². The third-order valence-corrected chi connectivity index (χ3v) is 2.91. The van der Waals surface area contributed by atoms with Crippen LogP contribution in [0.2, 0.25) is 0 Å². The SMILES string of the molecule is Cc1ccc(CC2COC(CCC(=O)O)=N2)cc1. The first-order valence-electron chi connectivity index (χ1n) is 6.10. The van der Waals surface area contributed by atoms with Crippen molar-refractivity contribution in [1.82, 2.24) is 0 Å². The van der Waals surface area contributed by atoms with E-state index in [9.17, 15) is 4.79 Å². The number of benzene rings is 1. The van der Waals surface area contributed by atoms with Crippen LogP contribution in [0.25, 0.3) is 0 Å². The van der Waals surface area contributed by atoms with E-state index in [-0.39, 0.29) is 12.5 Å². The van der Waals surface area contributed by atoms with Gasteiger partial charge >= 0.3 is 5.97 Å². The molecule has 4 nitrogen and oxygen atoms in total. The maximum atomic E-state index is 10.4. The average Bonchev–Trinajstić information content (AvgIpc) is 2.77.